The molecule has 0 bridgehead atoms. The van der Waals surface area contributed by atoms with Crippen LogP contribution in [0.4, 0.5) is 8.78 Å². The molecule has 0 saturated heterocycles. The summed E-state index contributed by atoms with van der Waals surface area (Å²) in [6.07, 6.45) is 0. The molecule has 1 aromatic heterocycles. The molecule has 0 aliphatic carbocycles. The molecule has 1 heterocycles. The maximum Gasteiger partial charge on any atom is 0.309 e. The second-order valence-corrected chi connectivity index (χ2v) is 8.18. The van der Waals surface area contributed by atoms with Crippen LogP contribution in [0.25, 0.3) is 22.8 Å². The summed E-state index contributed by atoms with van der Waals surface area (Å²) in [6.45, 7) is 10.4. The maximum atomic E-state index is 14.0. The van der Waals surface area contributed by atoms with Gasteiger partial charge in [-0.1, -0.05) is 20.8 Å². The zero-order valence-electron chi connectivity index (χ0n) is 16.7. The van der Waals surface area contributed by atoms with Crippen LogP contribution in [0.5, 0.6) is 0 Å². The third-order valence-corrected chi connectivity index (χ3v) is 4.66. The van der Waals surface area contributed by atoms with E-state index in [0.717, 1.165) is 28.3 Å². The summed E-state index contributed by atoms with van der Waals surface area (Å²) in [5, 5.41) is 4.72. The van der Waals surface area contributed by atoms with Crippen molar-refractivity contribution in [1.29, 1.82) is 0 Å². The molecule has 0 unspecified atom stereocenters. The second-order valence-electron chi connectivity index (χ2n) is 8.18. The summed E-state index contributed by atoms with van der Waals surface area (Å²) in [6, 6.07) is 11.4. The van der Waals surface area contributed by atoms with Crippen molar-refractivity contribution in [3.05, 3.63) is 59.7 Å². The summed E-state index contributed by atoms with van der Waals surface area (Å²) < 4.78 is 31.3. The molecule has 0 amide bonds. The molecule has 142 valence electrons. The largest absolute Gasteiger partial charge is 0.309 e. The van der Waals surface area contributed by atoms with Crippen LogP contribution in [0, 0.1) is 11.6 Å². The fourth-order valence-corrected chi connectivity index (χ4v) is 3.41. The van der Waals surface area contributed by atoms with Gasteiger partial charge in [0.2, 0.25) is 0 Å². The quantitative estimate of drug-likeness (QED) is 0.581. The van der Waals surface area contributed by atoms with Gasteiger partial charge in [-0.15, -0.1) is 4.68 Å². The van der Waals surface area contributed by atoms with Crippen LogP contribution in [0.15, 0.2) is 42.5 Å². The average molecular weight is 370 g/mol. The van der Waals surface area contributed by atoms with Gasteiger partial charge in [-0.3, -0.25) is 0 Å². The Morgan fingerprint density at radius 1 is 0.963 bits per heavy atom. The molecule has 3 rings (SSSR count). The minimum atomic E-state index is -0.278. The van der Waals surface area contributed by atoms with Crippen molar-refractivity contribution in [2.75, 3.05) is 0 Å². The Balaban J connectivity index is 2.31. The van der Waals surface area contributed by atoms with Crippen molar-refractivity contribution < 1.29 is 13.3 Å². The van der Waals surface area contributed by atoms with E-state index in [1.54, 1.807) is 18.2 Å². The first kappa shape index (κ1) is 19.2. The van der Waals surface area contributed by atoms with Gasteiger partial charge in [0.1, 0.15) is 11.6 Å². The highest BCUT2D eigenvalue weighted by molar-refractivity contribution is 5.62. The van der Waals surface area contributed by atoms with Crippen molar-refractivity contribution in [2.45, 2.75) is 46.1 Å². The predicted octanol–water partition coefficient (Wildman–Crippen LogP) is 5.20. The molecular formula is C22H26F2N3+. The molecule has 0 aliphatic rings. The molecule has 0 aliphatic heterocycles. The van der Waals surface area contributed by atoms with E-state index in [0.29, 0.717) is 0 Å². The summed E-state index contributed by atoms with van der Waals surface area (Å²) in [7, 11) is 1.89. The van der Waals surface area contributed by atoms with Crippen LogP contribution in [0.3, 0.4) is 0 Å². The number of nitrogens with zero attached hydrogens (tertiary/aromatic N) is 3. The van der Waals surface area contributed by atoms with Crippen molar-refractivity contribution in [3.63, 3.8) is 0 Å². The Hall–Kier alpha value is -2.56. The van der Waals surface area contributed by atoms with E-state index in [1.807, 2.05) is 17.8 Å². The van der Waals surface area contributed by atoms with E-state index in [1.165, 1.54) is 18.2 Å². The Labute approximate surface area is 159 Å². The van der Waals surface area contributed by atoms with E-state index in [2.05, 4.69) is 39.2 Å². The standard InChI is InChI=1S/C22H26F2N3/c1-14(2)27-20(15-7-9-16(23)10-8-15)25-26(6)21(27)18-12-11-17(24)13-19(18)22(3,4)5/h7-14H,1-6H3/q+1. The highest BCUT2D eigenvalue weighted by Crippen LogP contribution is 2.33. The molecule has 27 heavy (non-hydrogen) atoms. The number of aryl methyl sites for hydroxylation is 1. The van der Waals surface area contributed by atoms with Gasteiger partial charge in [-0.2, -0.15) is 0 Å². The number of benzene rings is 2. The number of aromatic nitrogens is 3. The number of hydrogen-bond acceptors (Lipinski definition) is 1. The van der Waals surface area contributed by atoms with Crippen LogP contribution in [0.2, 0.25) is 0 Å². The van der Waals surface area contributed by atoms with Crippen molar-refractivity contribution in [3.8, 4) is 22.8 Å². The second kappa shape index (κ2) is 6.87. The first-order chi connectivity index (χ1) is 12.6. The van der Waals surface area contributed by atoms with Crippen LogP contribution < -0.4 is 4.57 Å². The summed E-state index contributed by atoms with van der Waals surface area (Å²) in [4.78, 5) is 0. The Morgan fingerprint density at radius 2 is 1.56 bits per heavy atom. The van der Waals surface area contributed by atoms with E-state index in [9.17, 15) is 8.78 Å². The molecule has 3 nitrogen and oxygen atoms in total. The predicted molar refractivity (Wildman–Crippen MR) is 103 cm³/mol. The first-order valence-electron chi connectivity index (χ1n) is 9.14. The van der Waals surface area contributed by atoms with Gasteiger partial charge < -0.3 is 0 Å². The zero-order chi connectivity index (χ0) is 19.9. The topological polar surface area (TPSA) is 21.7 Å². The smallest absolute Gasteiger partial charge is 0.221 e. The van der Waals surface area contributed by atoms with Gasteiger partial charge in [-0.05, 0) is 67.3 Å². The Kier molecular flexibility index (Phi) is 4.89. The van der Waals surface area contributed by atoms with Crippen molar-refractivity contribution >= 4 is 0 Å². The van der Waals surface area contributed by atoms with E-state index in [-0.39, 0.29) is 23.1 Å². The number of halogens is 2. The minimum Gasteiger partial charge on any atom is -0.221 e. The van der Waals surface area contributed by atoms with Gasteiger partial charge in [0.05, 0.1) is 24.2 Å². The monoisotopic (exact) mass is 370 g/mol. The lowest BCUT2D eigenvalue weighted by Crippen LogP contribution is -2.40. The van der Waals surface area contributed by atoms with Crippen LogP contribution in [-0.2, 0) is 12.5 Å². The number of rotatable bonds is 3. The molecule has 5 heteroatoms. The average Bonchev–Trinajstić information content (AvgIpc) is 2.92. The summed E-state index contributed by atoms with van der Waals surface area (Å²) in [5.41, 5.74) is 2.48. The van der Waals surface area contributed by atoms with Crippen LogP contribution in [-0.4, -0.2) is 9.78 Å². The molecule has 0 radical (unpaired) electrons. The molecule has 0 atom stereocenters. The lowest BCUT2D eigenvalue weighted by Gasteiger charge is -2.22. The highest BCUT2D eigenvalue weighted by atomic mass is 19.1. The van der Waals surface area contributed by atoms with Crippen molar-refractivity contribution in [1.82, 2.24) is 9.78 Å². The lowest BCUT2D eigenvalue weighted by atomic mass is 9.83. The fraction of sp³-hybridized carbons (Fsp3) is 0.364. The van der Waals surface area contributed by atoms with Gasteiger partial charge >= 0.3 is 5.82 Å². The fourth-order valence-electron chi connectivity index (χ4n) is 3.41. The van der Waals surface area contributed by atoms with E-state index < -0.39 is 0 Å². The number of hydrogen-bond donors (Lipinski definition) is 0. The summed E-state index contributed by atoms with van der Waals surface area (Å²) in [5.74, 6) is 1.13. The maximum absolute atomic E-state index is 14.0. The van der Waals surface area contributed by atoms with Gasteiger partial charge in [0, 0.05) is 5.10 Å². The van der Waals surface area contributed by atoms with Crippen LogP contribution >= 0.6 is 0 Å². The van der Waals surface area contributed by atoms with Crippen LogP contribution in [0.1, 0.15) is 46.2 Å². The highest BCUT2D eigenvalue weighted by Gasteiger charge is 2.32. The summed E-state index contributed by atoms with van der Waals surface area (Å²) >= 11 is 0. The third kappa shape index (κ3) is 3.64. The molecule has 2 aromatic carbocycles. The molecule has 0 N–H and O–H groups in total. The van der Waals surface area contributed by atoms with Gasteiger partial charge in [0.25, 0.3) is 5.82 Å². The van der Waals surface area contributed by atoms with Crippen molar-refractivity contribution in [2.24, 2.45) is 7.05 Å². The molecule has 0 saturated carbocycles. The third-order valence-electron chi connectivity index (χ3n) is 4.66. The zero-order valence-corrected chi connectivity index (χ0v) is 16.7. The lowest BCUT2D eigenvalue weighted by molar-refractivity contribution is -0.695. The first-order valence-corrected chi connectivity index (χ1v) is 9.14. The van der Waals surface area contributed by atoms with Gasteiger partial charge in [-0.25, -0.2) is 13.3 Å². The molecular weight excluding hydrogens is 344 g/mol. The minimum absolute atomic E-state index is 0.117. The Bertz CT molecular complexity index is 964. The van der Waals surface area contributed by atoms with E-state index in [4.69, 9.17) is 5.10 Å². The normalized spacial score (nSPS) is 12.0. The molecule has 0 fully saturated rings. The van der Waals surface area contributed by atoms with E-state index >= 15 is 0 Å². The van der Waals surface area contributed by atoms with Gasteiger partial charge in [0.15, 0.2) is 0 Å². The SMILES string of the molecule is CC(C)[n+]1c(-c2ccc(F)cc2)nn(C)c1-c1ccc(F)cc1C(C)(C)C. The molecule has 3 aromatic rings. The Morgan fingerprint density at radius 3 is 2.11 bits per heavy atom. The molecule has 0 spiro atoms.